The van der Waals surface area contributed by atoms with Crippen LogP contribution >= 0.6 is 22.9 Å². The van der Waals surface area contributed by atoms with Crippen molar-refractivity contribution in [3.63, 3.8) is 0 Å². The Morgan fingerprint density at radius 2 is 2.08 bits per heavy atom. The number of nitrogens with one attached hydrogen (secondary N) is 1. The summed E-state index contributed by atoms with van der Waals surface area (Å²) in [5.41, 5.74) is 0.743. The summed E-state index contributed by atoms with van der Waals surface area (Å²) >= 11 is 7.68. The van der Waals surface area contributed by atoms with E-state index in [9.17, 15) is 9.90 Å². The summed E-state index contributed by atoms with van der Waals surface area (Å²) in [6.45, 7) is 3.88. The molecule has 1 aromatic carbocycles. The second-order valence-corrected chi connectivity index (χ2v) is 7.18. The van der Waals surface area contributed by atoms with Crippen LogP contribution in [0.2, 0.25) is 5.02 Å². The number of hydrogen-bond acceptors (Lipinski definition) is 5. The Balaban J connectivity index is 2.12. The van der Waals surface area contributed by atoms with E-state index in [-0.39, 0.29) is 5.92 Å². The van der Waals surface area contributed by atoms with E-state index < -0.39 is 12.0 Å². The van der Waals surface area contributed by atoms with Crippen molar-refractivity contribution in [1.29, 1.82) is 0 Å². The van der Waals surface area contributed by atoms with Crippen LogP contribution in [0.5, 0.6) is 0 Å². The molecule has 0 aliphatic rings. The zero-order valence-corrected chi connectivity index (χ0v) is 15.4. The Kier molecular flexibility index (Phi) is 5.20. The maximum absolute atomic E-state index is 11.7. The van der Waals surface area contributed by atoms with Crippen LogP contribution in [0.3, 0.4) is 0 Å². The van der Waals surface area contributed by atoms with E-state index in [0.29, 0.717) is 16.7 Å². The van der Waals surface area contributed by atoms with Crippen LogP contribution in [-0.4, -0.2) is 27.1 Å². The van der Waals surface area contributed by atoms with E-state index >= 15 is 0 Å². The number of nitrogens with zero attached hydrogens (tertiary/aromatic N) is 2. The van der Waals surface area contributed by atoms with Crippen LogP contribution in [-0.2, 0) is 4.79 Å². The molecule has 5 nitrogen and oxygen atoms in total. The Morgan fingerprint density at radius 3 is 2.72 bits per heavy atom. The van der Waals surface area contributed by atoms with Gasteiger partial charge in [0.25, 0.3) is 0 Å². The minimum absolute atomic E-state index is 0.0417. The molecule has 2 heterocycles. The highest BCUT2D eigenvalue weighted by molar-refractivity contribution is 7.14. The standard InChI is InChI=1S/C18H18ClN3O2S/c1-3-10(2)14(18(23)24)21-16-11-6-4-5-7-13(11)20-17(22-16)15-12(19)8-9-25-15/h4-10,14H,3H2,1-2H3,(H,23,24)(H,20,21,22). The minimum atomic E-state index is -0.896. The van der Waals surface area contributed by atoms with Gasteiger partial charge in [-0.25, -0.2) is 14.8 Å². The first kappa shape index (κ1) is 17.6. The fourth-order valence-electron chi connectivity index (χ4n) is 2.57. The molecule has 3 rings (SSSR count). The second-order valence-electron chi connectivity index (χ2n) is 5.86. The first-order valence-corrected chi connectivity index (χ1v) is 9.26. The lowest BCUT2D eigenvalue weighted by molar-refractivity contribution is -0.139. The highest BCUT2D eigenvalue weighted by Crippen LogP contribution is 2.33. The van der Waals surface area contributed by atoms with Gasteiger partial charge in [0.15, 0.2) is 5.82 Å². The van der Waals surface area contributed by atoms with Crippen LogP contribution < -0.4 is 5.32 Å². The number of halogens is 1. The van der Waals surface area contributed by atoms with Gasteiger partial charge in [-0.15, -0.1) is 11.3 Å². The molecule has 25 heavy (non-hydrogen) atoms. The number of carboxylic acids is 1. The molecule has 0 aliphatic heterocycles. The topological polar surface area (TPSA) is 75.1 Å². The van der Waals surface area contributed by atoms with Crippen LogP contribution in [0.15, 0.2) is 35.7 Å². The normalized spacial score (nSPS) is 13.6. The third-order valence-electron chi connectivity index (χ3n) is 4.19. The molecule has 130 valence electrons. The monoisotopic (exact) mass is 375 g/mol. The molecule has 0 fully saturated rings. The molecule has 0 bridgehead atoms. The van der Waals surface area contributed by atoms with Gasteiger partial charge < -0.3 is 10.4 Å². The number of anilines is 1. The fraction of sp³-hybridized carbons (Fsp3) is 0.278. The third-order valence-corrected chi connectivity index (χ3v) is 5.53. The lowest BCUT2D eigenvalue weighted by Crippen LogP contribution is -2.35. The fourth-order valence-corrected chi connectivity index (χ4v) is 3.65. The van der Waals surface area contributed by atoms with Gasteiger partial charge in [-0.3, -0.25) is 0 Å². The Bertz CT molecular complexity index is 912. The van der Waals surface area contributed by atoms with Gasteiger partial charge in [0.2, 0.25) is 0 Å². The van der Waals surface area contributed by atoms with Gasteiger partial charge in [0.1, 0.15) is 11.9 Å². The largest absolute Gasteiger partial charge is 0.480 e. The molecule has 0 spiro atoms. The quantitative estimate of drug-likeness (QED) is 0.639. The van der Waals surface area contributed by atoms with Crippen molar-refractivity contribution in [2.24, 2.45) is 5.92 Å². The zero-order chi connectivity index (χ0) is 18.0. The number of aromatic nitrogens is 2. The van der Waals surface area contributed by atoms with Gasteiger partial charge in [-0.05, 0) is 29.5 Å². The predicted octanol–water partition coefficient (Wildman–Crippen LogP) is 4.92. The molecule has 0 amide bonds. The molecule has 3 aromatic rings. The van der Waals surface area contributed by atoms with Crippen molar-refractivity contribution >= 4 is 45.6 Å². The molecular formula is C18H18ClN3O2S. The summed E-state index contributed by atoms with van der Waals surface area (Å²) in [7, 11) is 0. The number of carboxylic acid groups (broad SMARTS) is 1. The average Bonchev–Trinajstić information content (AvgIpc) is 3.04. The lowest BCUT2D eigenvalue weighted by Gasteiger charge is -2.21. The number of para-hydroxylation sites is 1. The highest BCUT2D eigenvalue weighted by Gasteiger charge is 2.25. The van der Waals surface area contributed by atoms with Gasteiger partial charge in [-0.1, -0.05) is 44.0 Å². The second kappa shape index (κ2) is 7.37. The molecule has 0 saturated heterocycles. The molecule has 2 aromatic heterocycles. The van der Waals surface area contributed by atoms with E-state index in [0.717, 1.165) is 22.2 Å². The number of carbonyl (C=O) groups is 1. The maximum atomic E-state index is 11.7. The SMILES string of the molecule is CCC(C)C(Nc1nc(-c2sccc2Cl)nc2ccccc12)C(=O)O. The Labute approximate surface area is 154 Å². The Hall–Kier alpha value is -2.18. The number of thiophene rings is 1. The van der Waals surface area contributed by atoms with Crippen LogP contribution in [0.1, 0.15) is 20.3 Å². The van der Waals surface area contributed by atoms with E-state index in [1.807, 2.05) is 43.5 Å². The molecule has 0 saturated carbocycles. The first-order chi connectivity index (χ1) is 12.0. The summed E-state index contributed by atoms with van der Waals surface area (Å²) in [6, 6.07) is 8.61. The first-order valence-electron chi connectivity index (χ1n) is 8.00. The van der Waals surface area contributed by atoms with Crippen LogP contribution in [0, 0.1) is 5.92 Å². The number of fused-ring (bicyclic) bond motifs is 1. The minimum Gasteiger partial charge on any atom is -0.480 e. The van der Waals surface area contributed by atoms with Gasteiger partial charge >= 0.3 is 5.97 Å². The average molecular weight is 376 g/mol. The number of aliphatic carboxylic acids is 1. The molecule has 2 atom stereocenters. The molecule has 2 N–H and O–H groups in total. The van der Waals surface area contributed by atoms with Crippen molar-refractivity contribution in [1.82, 2.24) is 9.97 Å². The lowest BCUT2D eigenvalue weighted by atomic mass is 9.99. The van der Waals surface area contributed by atoms with Crippen LogP contribution in [0.4, 0.5) is 5.82 Å². The Morgan fingerprint density at radius 1 is 1.32 bits per heavy atom. The van der Waals surface area contributed by atoms with Crippen molar-refractivity contribution in [2.75, 3.05) is 5.32 Å². The third kappa shape index (κ3) is 3.60. The van der Waals surface area contributed by atoms with Crippen molar-refractivity contribution in [2.45, 2.75) is 26.3 Å². The van der Waals surface area contributed by atoms with Crippen molar-refractivity contribution in [3.05, 3.63) is 40.7 Å². The predicted molar refractivity (Wildman–Crippen MR) is 102 cm³/mol. The van der Waals surface area contributed by atoms with Crippen molar-refractivity contribution < 1.29 is 9.90 Å². The maximum Gasteiger partial charge on any atom is 0.326 e. The molecule has 7 heteroatoms. The molecule has 2 unspecified atom stereocenters. The zero-order valence-electron chi connectivity index (χ0n) is 13.9. The van der Waals surface area contributed by atoms with Crippen LogP contribution in [0.25, 0.3) is 21.6 Å². The summed E-state index contributed by atoms with van der Waals surface area (Å²) in [6.07, 6.45) is 0.747. The smallest absolute Gasteiger partial charge is 0.326 e. The van der Waals surface area contributed by atoms with Gasteiger partial charge in [0.05, 0.1) is 15.4 Å². The summed E-state index contributed by atoms with van der Waals surface area (Å²) in [5, 5.41) is 15.9. The van der Waals surface area contributed by atoms with E-state index in [4.69, 9.17) is 11.6 Å². The number of hydrogen-bond donors (Lipinski definition) is 2. The van der Waals surface area contributed by atoms with Gasteiger partial charge in [-0.2, -0.15) is 0 Å². The summed E-state index contributed by atoms with van der Waals surface area (Å²) in [4.78, 5) is 21.6. The molecule has 0 radical (unpaired) electrons. The van der Waals surface area contributed by atoms with E-state index in [1.54, 1.807) is 6.07 Å². The van der Waals surface area contributed by atoms with E-state index in [1.165, 1.54) is 11.3 Å². The summed E-state index contributed by atoms with van der Waals surface area (Å²) < 4.78 is 0. The number of benzene rings is 1. The molecular weight excluding hydrogens is 358 g/mol. The number of rotatable bonds is 6. The van der Waals surface area contributed by atoms with Crippen molar-refractivity contribution in [3.8, 4) is 10.7 Å². The molecule has 0 aliphatic carbocycles. The van der Waals surface area contributed by atoms with E-state index in [2.05, 4.69) is 15.3 Å². The summed E-state index contributed by atoms with van der Waals surface area (Å²) in [5.74, 6) is 0.0695. The van der Waals surface area contributed by atoms with Gasteiger partial charge in [0, 0.05) is 5.39 Å². The highest BCUT2D eigenvalue weighted by atomic mass is 35.5.